The normalized spacial score (nSPS) is 13.5. The Labute approximate surface area is 68.3 Å². The van der Waals surface area contributed by atoms with Crippen molar-refractivity contribution < 1.29 is 0 Å². The minimum absolute atomic E-state index is 0.669. The van der Waals surface area contributed by atoms with E-state index in [2.05, 4.69) is 23.2 Å². The van der Waals surface area contributed by atoms with Crippen LogP contribution in [-0.2, 0) is 0 Å². The first kappa shape index (κ1) is 10.3. The summed E-state index contributed by atoms with van der Waals surface area (Å²) in [5.41, 5.74) is 0. The standard InChI is InChI=1S/C7H18N2S/c1-4-7(9-10-3)5-6-8-2/h7-9H,4-6H2,1-3H3. The van der Waals surface area contributed by atoms with Crippen molar-refractivity contribution in [1.82, 2.24) is 10.0 Å². The SMILES string of the molecule is CCC(CCNC)NSC. The van der Waals surface area contributed by atoms with E-state index < -0.39 is 0 Å². The molecule has 0 bridgehead atoms. The molecule has 1 atom stereocenters. The molecule has 0 aromatic rings. The average molecular weight is 162 g/mol. The quantitative estimate of drug-likeness (QED) is 0.575. The third kappa shape index (κ3) is 5.09. The Morgan fingerprint density at radius 3 is 2.60 bits per heavy atom. The third-order valence-electron chi connectivity index (χ3n) is 1.52. The van der Waals surface area contributed by atoms with E-state index in [0.29, 0.717) is 6.04 Å². The molecule has 0 aliphatic carbocycles. The first-order chi connectivity index (χ1) is 4.85. The van der Waals surface area contributed by atoms with E-state index in [4.69, 9.17) is 0 Å². The molecule has 0 aliphatic heterocycles. The fraction of sp³-hybridized carbons (Fsp3) is 1.00. The van der Waals surface area contributed by atoms with Gasteiger partial charge in [-0.25, -0.2) is 0 Å². The van der Waals surface area contributed by atoms with Gasteiger partial charge in [-0.2, -0.15) is 0 Å². The van der Waals surface area contributed by atoms with E-state index in [1.54, 1.807) is 11.9 Å². The number of hydrogen-bond donors (Lipinski definition) is 2. The summed E-state index contributed by atoms with van der Waals surface area (Å²) in [4.78, 5) is 0. The molecule has 0 fully saturated rings. The van der Waals surface area contributed by atoms with Gasteiger partial charge in [0.15, 0.2) is 0 Å². The lowest BCUT2D eigenvalue weighted by atomic mass is 10.2. The Bertz CT molecular complexity index is 68.6. The molecule has 0 spiro atoms. The van der Waals surface area contributed by atoms with Crippen LogP contribution in [0.4, 0.5) is 0 Å². The van der Waals surface area contributed by atoms with Gasteiger partial charge in [-0.15, -0.1) is 0 Å². The van der Waals surface area contributed by atoms with E-state index in [9.17, 15) is 0 Å². The summed E-state index contributed by atoms with van der Waals surface area (Å²) in [6.45, 7) is 3.32. The second-order valence-electron chi connectivity index (χ2n) is 2.32. The topological polar surface area (TPSA) is 24.1 Å². The molecule has 0 saturated carbocycles. The summed E-state index contributed by atoms with van der Waals surface area (Å²) in [6, 6.07) is 0.669. The van der Waals surface area contributed by atoms with Gasteiger partial charge in [-0.3, -0.25) is 4.72 Å². The fourth-order valence-electron chi connectivity index (χ4n) is 0.832. The summed E-state index contributed by atoms with van der Waals surface area (Å²) < 4.78 is 3.34. The zero-order chi connectivity index (χ0) is 7.82. The third-order valence-corrected chi connectivity index (χ3v) is 2.09. The first-order valence-electron chi connectivity index (χ1n) is 3.78. The molecular formula is C7H18N2S. The van der Waals surface area contributed by atoms with Crippen LogP contribution < -0.4 is 10.0 Å². The van der Waals surface area contributed by atoms with Crippen LogP contribution in [0.15, 0.2) is 0 Å². The fourth-order valence-corrected chi connectivity index (χ4v) is 1.45. The molecule has 10 heavy (non-hydrogen) atoms. The lowest BCUT2D eigenvalue weighted by molar-refractivity contribution is 0.546. The Hall–Kier alpha value is 0.270. The van der Waals surface area contributed by atoms with Crippen molar-refractivity contribution in [3.05, 3.63) is 0 Å². The second-order valence-corrected chi connectivity index (χ2v) is 2.96. The van der Waals surface area contributed by atoms with Crippen molar-refractivity contribution in [2.75, 3.05) is 19.8 Å². The monoisotopic (exact) mass is 162 g/mol. The molecule has 0 aliphatic rings. The number of hydrogen-bond acceptors (Lipinski definition) is 3. The molecular weight excluding hydrogens is 144 g/mol. The summed E-state index contributed by atoms with van der Waals surface area (Å²) in [6.07, 6.45) is 4.50. The molecule has 0 aromatic carbocycles. The maximum absolute atomic E-state index is 3.34. The van der Waals surface area contributed by atoms with Gasteiger partial charge < -0.3 is 5.32 Å². The highest BCUT2D eigenvalue weighted by Gasteiger charge is 2.01. The minimum Gasteiger partial charge on any atom is -0.320 e. The Morgan fingerprint density at radius 2 is 2.20 bits per heavy atom. The van der Waals surface area contributed by atoms with Crippen LogP contribution in [0, 0.1) is 0 Å². The molecule has 0 rings (SSSR count). The predicted molar refractivity (Wildman–Crippen MR) is 49.3 cm³/mol. The van der Waals surface area contributed by atoms with Crippen LogP contribution in [0.5, 0.6) is 0 Å². The van der Waals surface area contributed by atoms with Gasteiger partial charge in [-0.1, -0.05) is 18.9 Å². The Morgan fingerprint density at radius 1 is 1.50 bits per heavy atom. The van der Waals surface area contributed by atoms with Gasteiger partial charge in [0.1, 0.15) is 0 Å². The smallest absolute Gasteiger partial charge is 0.0181 e. The van der Waals surface area contributed by atoms with Gasteiger partial charge in [0, 0.05) is 6.04 Å². The largest absolute Gasteiger partial charge is 0.320 e. The molecule has 3 heteroatoms. The van der Waals surface area contributed by atoms with Gasteiger partial charge in [-0.05, 0) is 32.7 Å². The number of nitrogens with one attached hydrogen (secondary N) is 2. The average Bonchev–Trinajstić information content (AvgIpc) is 1.98. The number of rotatable bonds is 6. The van der Waals surface area contributed by atoms with Crippen LogP contribution in [0.25, 0.3) is 0 Å². The van der Waals surface area contributed by atoms with Crippen LogP contribution in [0.2, 0.25) is 0 Å². The van der Waals surface area contributed by atoms with Gasteiger partial charge in [0.2, 0.25) is 0 Å². The summed E-state index contributed by atoms with van der Waals surface area (Å²) in [7, 11) is 1.99. The van der Waals surface area contributed by atoms with E-state index in [1.165, 1.54) is 12.8 Å². The molecule has 0 aromatic heterocycles. The summed E-state index contributed by atoms with van der Waals surface area (Å²) in [5, 5.41) is 3.14. The van der Waals surface area contributed by atoms with E-state index in [0.717, 1.165) is 6.54 Å². The van der Waals surface area contributed by atoms with Crippen molar-refractivity contribution in [3.63, 3.8) is 0 Å². The predicted octanol–water partition coefficient (Wildman–Crippen LogP) is 1.24. The maximum atomic E-state index is 3.34. The summed E-state index contributed by atoms with van der Waals surface area (Å²) >= 11 is 1.71. The lowest BCUT2D eigenvalue weighted by Gasteiger charge is -2.13. The highest BCUT2D eigenvalue weighted by molar-refractivity contribution is 7.96. The molecule has 0 radical (unpaired) electrons. The Balaban J connectivity index is 3.21. The van der Waals surface area contributed by atoms with E-state index in [1.807, 2.05) is 7.05 Å². The van der Waals surface area contributed by atoms with Gasteiger partial charge >= 0.3 is 0 Å². The van der Waals surface area contributed by atoms with Crippen molar-refractivity contribution in [2.24, 2.45) is 0 Å². The first-order valence-corrected chi connectivity index (χ1v) is 5.00. The van der Waals surface area contributed by atoms with Crippen LogP contribution in [0.3, 0.4) is 0 Å². The lowest BCUT2D eigenvalue weighted by Crippen LogP contribution is -2.26. The highest BCUT2D eigenvalue weighted by atomic mass is 32.2. The molecule has 0 saturated heterocycles. The van der Waals surface area contributed by atoms with Gasteiger partial charge in [0.05, 0.1) is 0 Å². The zero-order valence-electron chi connectivity index (χ0n) is 7.11. The highest BCUT2D eigenvalue weighted by Crippen LogP contribution is 1.99. The molecule has 0 amide bonds. The second kappa shape index (κ2) is 7.38. The van der Waals surface area contributed by atoms with Crippen LogP contribution in [0.1, 0.15) is 19.8 Å². The van der Waals surface area contributed by atoms with Crippen molar-refractivity contribution in [3.8, 4) is 0 Å². The maximum Gasteiger partial charge on any atom is 0.0181 e. The molecule has 62 valence electrons. The molecule has 1 unspecified atom stereocenters. The molecule has 0 heterocycles. The van der Waals surface area contributed by atoms with Crippen molar-refractivity contribution >= 4 is 11.9 Å². The van der Waals surface area contributed by atoms with Crippen molar-refractivity contribution in [2.45, 2.75) is 25.8 Å². The zero-order valence-corrected chi connectivity index (χ0v) is 7.92. The molecule has 2 nitrogen and oxygen atoms in total. The minimum atomic E-state index is 0.669. The van der Waals surface area contributed by atoms with Gasteiger partial charge in [0.25, 0.3) is 0 Å². The van der Waals surface area contributed by atoms with E-state index in [-0.39, 0.29) is 0 Å². The summed E-state index contributed by atoms with van der Waals surface area (Å²) in [5.74, 6) is 0. The van der Waals surface area contributed by atoms with Crippen molar-refractivity contribution in [1.29, 1.82) is 0 Å². The van der Waals surface area contributed by atoms with Crippen LogP contribution >= 0.6 is 11.9 Å². The van der Waals surface area contributed by atoms with E-state index >= 15 is 0 Å². The molecule has 2 N–H and O–H groups in total. The Kier molecular flexibility index (Phi) is 7.58. The van der Waals surface area contributed by atoms with Crippen LogP contribution in [-0.4, -0.2) is 25.9 Å².